The van der Waals surface area contributed by atoms with E-state index in [0.29, 0.717) is 18.6 Å². The van der Waals surface area contributed by atoms with Crippen molar-refractivity contribution < 1.29 is 58.4 Å². The maximum atomic E-state index is 11.3. The Morgan fingerprint density at radius 2 is 0.953 bits per heavy atom. The number of fused-ring (bicyclic) bond motifs is 3. The van der Waals surface area contributed by atoms with Crippen LogP contribution in [0, 0.1) is 0 Å². The summed E-state index contributed by atoms with van der Waals surface area (Å²) in [6.07, 6.45) is 10.7. The van der Waals surface area contributed by atoms with Gasteiger partial charge in [0.15, 0.2) is 11.6 Å². The standard InChI is InChI=1S/C16H18N2O2.C14H14N2O.C9H6BrN.C7H13NO2.C4H9O.Na/c1-3-13-4-2-8-17-15(13)14(5-1)18-9-6-16(7-10-18)19-11-12-20-16;17-12-6-9-16(10-7-12)13-5-1-3-11-4-2-8-15-14(11)13;10-8-5-1-3-7-4-2-6-11-9(7)8;1-3-8-4-2-7(1)9-5-6-10-7;1-4(2,3)5;/h1-5,8H,6-7,9-12H2;1-5,8H,6-7,9-10H2;1-6H;8H,1-6H2;1-3H3;/q;;;;-1;+1. The van der Waals surface area contributed by atoms with Crippen molar-refractivity contribution in [3.63, 3.8) is 0 Å². The fraction of sp³-hybridized carbons (Fsp3) is 0.440. The van der Waals surface area contributed by atoms with Gasteiger partial charge in [-0.3, -0.25) is 19.7 Å². The smallest absolute Gasteiger partial charge is 0.850 e. The number of benzene rings is 3. The van der Waals surface area contributed by atoms with Crippen LogP contribution in [0.2, 0.25) is 0 Å². The molecule has 5 fully saturated rings. The van der Waals surface area contributed by atoms with E-state index in [-0.39, 0.29) is 41.1 Å². The van der Waals surface area contributed by atoms with Crippen LogP contribution >= 0.6 is 15.9 Å². The Kier molecular flexibility index (Phi) is 18.5. The van der Waals surface area contributed by atoms with Crippen LogP contribution in [-0.4, -0.2) is 104 Å². The summed E-state index contributed by atoms with van der Waals surface area (Å²) in [6.45, 7) is 13.5. The molecule has 5 aliphatic rings. The molecular formula is C50H60BrN6NaO6. The summed E-state index contributed by atoms with van der Waals surface area (Å²) in [7, 11) is 0. The van der Waals surface area contributed by atoms with Crippen molar-refractivity contribution in [1.82, 2.24) is 20.3 Å². The number of Topliss-reactive ketones (excluding diaryl/α,β-unsaturated/α-hetero) is 1. The molecule has 0 unspecified atom stereocenters. The molecule has 0 amide bonds. The van der Waals surface area contributed by atoms with Crippen molar-refractivity contribution in [2.45, 2.75) is 76.5 Å². The molecule has 2 spiro atoms. The normalized spacial score (nSPS) is 18.7. The summed E-state index contributed by atoms with van der Waals surface area (Å²) >= 11 is 3.43. The second kappa shape index (κ2) is 23.7. The van der Waals surface area contributed by atoms with Gasteiger partial charge in [0.1, 0.15) is 5.78 Å². The van der Waals surface area contributed by atoms with Crippen molar-refractivity contribution in [2.75, 3.05) is 75.5 Å². The van der Waals surface area contributed by atoms with Crippen molar-refractivity contribution in [2.24, 2.45) is 0 Å². The van der Waals surface area contributed by atoms with Crippen LogP contribution in [0.1, 0.15) is 59.3 Å². The zero-order valence-electron chi connectivity index (χ0n) is 37.8. The summed E-state index contributed by atoms with van der Waals surface area (Å²) in [6, 6.07) is 30.7. The number of anilines is 2. The quantitative estimate of drug-likeness (QED) is 0.228. The number of hydrogen-bond acceptors (Lipinski definition) is 12. The first-order valence-corrected chi connectivity index (χ1v) is 22.9. The Morgan fingerprint density at radius 3 is 1.41 bits per heavy atom. The number of nitrogens with zero attached hydrogens (tertiary/aromatic N) is 5. The molecule has 0 saturated carbocycles. The van der Waals surface area contributed by atoms with E-state index < -0.39 is 5.60 Å². The molecule has 6 aromatic rings. The molecule has 11 rings (SSSR count). The third-order valence-corrected chi connectivity index (χ3v) is 12.0. The average Bonchev–Trinajstić information content (AvgIpc) is 3.96. The molecule has 0 bridgehead atoms. The van der Waals surface area contributed by atoms with E-state index in [9.17, 15) is 9.90 Å². The number of nitrogens with one attached hydrogen (secondary N) is 1. The van der Waals surface area contributed by atoms with Crippen molar-refractivity contribution in [3.8, 4) is 0 Å². The predicted molar refractivity (Wildman–Crippen MR) is 252 cm³/mol. The summed E-state index contributed by atoms with van der Waals surface area (Å²) in [5.74, 6) is -0.130. The summed E-state index contributed by atoms with van der Waals surface area (Å²) < 4.78 is 23.7. The second-order valence-corrected chi connectivity index (χ2v) is 18.0. The van der Waals surface area contributed by atoms with Gasteiger partial charge in [0.05, 0.1) is 54.4 Å². The number of aromatic nitrogens is 3. The molecule has 8 heterocycles. The third kappa shape index (κ3) is 14.0. The Labute approximate surface area is 407 Å². The van der Waals surface area contributed by atoms with Crippen LogP contribution in [0.25, 0.3) is 32.7 Å². The number of halogens is 1. The Balaban J connectivity index is 0.000000140. The van der Waals surface area contributed by atoms with E-state index in [4.69, 9.17) is 18.9 Å². The zero-order valence-corrected chi connectivity index (χ0v) is 41.4. The average molecular weight is 944 g/mol. The molecule has 0 radical (unpaired) electrons. The van der Waals surface area contributed by atoms with Gasteiger partial charge in [-0.05, 0) is 52.3 Å². The molecular weight excluding hydrogens is 883 g/mol. The van der Waals surface area contributed by atoms with Gasteiger partial charge in [0.2, 0.25) is 0 Å². The number of ketones is 1. The van der Waals surface area contributed by atoms with Gasteiger partial charge in [-0.1, -0.05) is 75.4 Å². The molecule has 64 heavy (non-hydrogen) atoms. The van der Waals surface area contributed by atoms with E-state index in [1.165, 1.54) is 16.5 Å². The van der Waals surface area contributed by atoms with E-state index in [1.54, 1.807) is 27.0 Å². The minimum absolute atomic E-state index is 0. The molecule has 0 atom stereocenters. The van der Waals surface area contributed by atoms with Crippen LogP contribution in [0.5, 0.6) is 0 Å². The molecule has 5 saturated heterocycles. The van der Waals surface area contributed by atoms with E-state index >= 15 is 0 Å². The number of carbonyl (C=O) groups is 1. The first-order valence-electron chi connectivity index (χ1n) is 22.2. The molecule has 3 aromatic carbocycles. The Hall–Kier alpha value is -3.60. The van der Waals surface area contributed by atoms with Crippen LogP contribution in [0.3, 0.4) is 0 Å². The van der Waals surface area contributed by atoms with Gasteiger partial charge in [0, 0.05) is 117 Å². The number of piperidine rings is 3. The van der Waals surface area contributed by atoms with E-state index in [1.807, 2.05) is 54.9 Å². The van der Waals surface area contributed by atoms with Crippen molar-refractivity contribution in [3.05, 3.63) is 114 Å². The molecule has 5 aliphatic heterocycles. The largest absolute Gasteiger partial charge is 1.00 e. The fourth-order valence-corrected chi connectivity index (χ4v) is 8.70. The topological polar surface area (TPSA) is 134 Å². The van der Waals surface area contributed by atoms with E-state index in [2.05, 4.69) is 94.5 Å². The number of pyridine rings is 3. The monoisotopic (exact) mass is 942 g/mol. The maximum absolute atomic E-state index is 11.3. The number of hydrogen-bond donors (Lipinski definition) is 1. The van der Waals surface area contributed by atoms with Crippen molar-refractivity contribution >= 4 is 65.8 Å². The molecule has 14 heteroatoms. The van der Waals surface area contributed by atoms with Crippen LogP contribution in [0.4, 0.5) is 11.4 Å². The summed E-state index contributed by atoms with van der Waals surface area (Å²) in [5, 5.41) is 16.9. The number of para-hydroxylation sites is 3. The van der Waals surface area contributed by atoms with Gasteiger partial charge < -0.3 is 39.2 Å². The van der Waals surface area contributed by atoms with Crippen LogP contribution < -0.4 is 49.8 Å². The number of rotatable bonds is 2. The van der Waals surface area contributed by atoms with Gasteiger partial charge in [-0.15, -0.1) is 5.60 Å². The van der Waals surface area contributed by atoms with E-state index in [0.717, 1.165) is 123 Å². The zero-order chi connectivity index (χ0) is 44.1. The van der Waals surface area contributed by atoms with Gasteiger partial charge >= 0.3 is 29.6 Å². The predicted octanol–water partition coefficient (Wildman–Crippen LogP) is 5.24. The maximum Gasteiger partial charge on any atom is 1.00 e. The molecule has 3 aromatic heterocycles. The minimum atomic E-state index is -0.750. The first kappa shape index (κ1) is 49.8. The van der Waals surface area contributed by atoms with Crippen LogP contribution in [0.15, 0.2) is 114 Å². The Bertz CT molecular complexity index is 2360. The summed E-state index contributed by atoms with van der Waals surface area (Å²) in [4.78, 5) is 29.1. The van der Waals surface area contributed by atoms with Crippen LogP contribution in [-0.2, 0) is 23.7 Å². The molecule has 0 aliphatic carbocycles. The fourth-order valence-electron chi connectivity index (χ4n) is 8.22. The third-order valence-electron chi connectivity index (χ3n) is 11.3. The number of carbonyl (C=O) groups excluding carboxylic acids is 1. The molecule has 1 N–H and O–H groups in total. The first-order chi connectivity index (χ1) is 30.5. The van der Waals surface area contributed by atoms with Crippen molar-refractivity contribution in [1.29, 1.82) is 0 Å². The van der Waals surface area contributed by atoms with Gasteiger partial charge in [-0.2, -0.15) is 0 Å². The molecule has 334 valence electrons. The second-order valence-electron chi connectivity index (χ2n) is 17.1. The Morgan fingerprint density at radius 1 is 0.578 bits per heavy atom. The summed E-state index contributed by atoms with van der Waals surface area (Å²) in [5.41, 5.74) is 4.75. The molecule has 12 nitrogen and oxygen atoms in total. The van der Waals surface area contributed by atoms with Gasteiger partial charge in [0.25, 0.3) is 0 Å². The number of ether oxygens (including phenoxy) is 4. The minimum Gasteiger partial charge on any atom is -0.850 e. The SMILES string of the molecule is Brc1cccc2cccnc12.C1CC2(CCN1)OCCO2.CC(C)(C)[O-].O=C1CCN(c2cccc3cccnc23)CC1.[Na+].c1cnc2c(N3CCC4(CC3)OCCO4)cccc2c1. The van der Waals surface area contributed by atoms with Gasteiger partial charge in [-0.25, -0.2) is 0 Å².